The van der Waals surface area contributed by atoms with Gasteiger partial charge in [0.1, 0.15) is 17.7 Å². The van der Waals surface area contributed by atoms with Crippen LogP contribution in [0.25, 0.3) is 0 Å². The lowest BCUT2D eigenvalue weighted by atomic mass is 9.92. The lowest BCUT2D eigenvalue weighted by Crippen LogP contribution is -2.33. The van der Waals surface area contributed by atoms with Crippen molar-refractivity contribution in [3.63, 3.8) is 0 Å². The van der Waals surface area contributed by atoms with E-state index >= 15 is 0 Å². The topological polar surface area (TPSA) is 84.7 Å². The number of benzene rings is 1. The lowest BCUT2D eigenvalue weighted by molar-refractivity contribution is -0.119. The highest BCUT2D eigenvalue weighted by molar-refractivity contribution is 5.89. The molecule has 6 nitrogen and oxygen atoms in total. The summed E-state index contributed by atoms with van der Waals surface area (Å²) in [6.45, 7) is 1.64. The van der Waals surface area contributed by atoms with Crippen molar-refractivity contribution in [2.45, 2.75) is 37.8 Å². The van der Waals surface area contributed by atoms with E-state index in [0.717, 1.165) is 0 Å². The van der Waals surface area contributed by atoms with Gasteiger partial charge in [0, 0.05) is 18.5 Å². The van der Waals surface area contributed by atoms with Crippen LogP contribution in [0.4, 0.5) is 19.3 Å². The van der Waals surface area contributed by atoms with Crippen LogP contribution in [-0.2, 0) is 9.53 Å². The normalized spacial score (nSPS) is 32.4. The van der Waals surface area contributed by atoms with Crippen molar-refractivity contribution in [2.24, 2.45) is 17.6 Å². The van der Waals surface area contributed by atoms with Crippen molar-refractivity contribution in [3.8, 4) is 0 Å². The molecule has 1 aromatic carbocycles. The minimum atomic E-state index is -0.681. The van der Waals surface area contributed by atoms with Gasteiger partial charge in [-0.3, -0.25) is 9.69 Å². The summed E-state index contributed by atoms with van der Waals surface area (Å²) < 4.78 is 34.4. The van der Waals surface area contributed by atoms with Gasteiger partial charge >= 0.3 is 6.09 Å². The first-order chi connectivity index (χ1) is 12.3. The third-order valence-corrected chi connectivity index (χ3v) is 5.75. The molecule has 1 aliphatic heterocycles. The van der Waals surface area contributed by atoms with E-state index in [1.165, 1.54) is 24.0 Å². The minimum absolute atomic E-state index is 0.0931. The number of carbonyl (C=O) groups excluding carboxylic acids is 2. The summed E-state index contributed by atoms with van der Waals surface area (Å²) in [4.78, 5) is 24.2. The molecule has 2 saturated carbocycles. The quantitative estimate of drug-likeness (QED) is 0.853. The van der Waals surface area contributed by atoms with Crippen LogP contribution >= 0.6 is 0 Å². The molecule has 2 unspecified atom stereocenters. The van der Waals surface area contributed by atoms with Gasteiger partial charge in [0.25, 0.3) is 0 Å². The van der Waals surface area contributed by atoms with E-state index in [-0.39, 0.29) is 42.2 Å². The van der Waals surface area contributed by atoms with Gasteiger partial charge in [-0.05, 0) is 42.7 Å². The summed E-state index contributed by atoms with van der Waals surface area (Å²) in [5.74, 6) is -0.925. The molecular weight excluding hydrogens is 344 g/mol. The number of carbonyl (C=O) groups is 2. The van der Waals surface area contributed by atoms with Gasteiger partial charge in [0.15, 0.2) is 0 Å². The van der Waals surface area contributed by atoms with Gasteiger partial charge in [-0.2, -0.15) is 0 Å². The van der Waals surface area contributed by atoms with Gasteiger partial charge in [0.2, 0.25) is 5.91 Å². The van der Waals surface area contributed by atoms with Crippen LogP contribution in [0, 0.1) is 23.5 Å². The summed E-state index contributed by atoms with van der Waals surface area (Å²) in [5.41, 5.74) is 6.11. The van der Waals surface area contributed by atoms with Crippen LogP contribution < -0.4 is 16.0 Å². The summed E-state index contributed by atoms with van der Waals surface area (Å²) in [7, 11) is 0. The summed E-state index contributed by atoms with van der Waals surface area (Å²) in [6.07, 6.45) is 0.188. The van der Waals surface area contributed by atoms with Gasteiger partial charge in [-0.1, -0.05) is 0 Å². The summed E-state index contributed by atoms with van der Waals surface area (Å²) >= 11 is 0. The second kappa shape index (κ2) is 6.19. The highest BCUT2D eigenvalue weighted by atomic mass is 19.1. The van der Waals surface area contributed by atoms with E-state index in [1.807, 2.05) is 0 Å². The van der Waals surface area contributed by atoms with E-state index in [1.54, 1.807) is 0 Å². The molecule has 5 atom stereocenters. The van der Waals surface area contributed by atoms with Gasteiger partial charge in [0.05, 0.1) is 18.8 Å². The fourth-order valence-corrected chi connectivity index (χ4v) is 4.34. The smallest absolute Gasteiger partial charge is 0.414 e. The standard InChI is InChI=1S/C18H21F2N3O3/c1-8(24)22-6-11-7-23(18(25)26-11)10-4-14(19)16(15(20)5-10)9-2-12-13(3-9)17(12)21/h4-5,9,11-13,17H,2-3,6-7,21H2,1H3,(H,22,24)/t9?,11-,12-,13+,17?/m0/s1. The Bertz CT molecular complexity index is 737. The zero-order valence-electron chi connectivity index (χ0n) is 14.4. The maximum Gasteiger partial charge on any atom is 0.414 e. The number of ether oxygens (including phenoxy) is 1. The molecule has 1 saturated heterocycles. The third-order valence-electron chi connectivity index (χ3n) is 5.75. The monoisotopic (exact) mass is 365 g/mol. The predicted molar refractivity (Wildman–Crippen MR) is 89.6 cm³/mol. The first-order valence-electron chi connectivity index (χ1n) is 8.82. The largest absolute Gasteiger partial charge is 0.442 e. The number of fused-ring (bicyclic) bond motifs is 1. The second-order valence-corrected chi connectivity index (χ2v) is 7.45. The predicted octanol–water partition coefficient (Wildman–Crippen LogP) is 1.88. The van der Waals surface area contributed by atoms with Crippen molar-refractivity contribution < 1.29 is 23.1 Å². The Morgan fingerprint density at radius 2 is 1.92 bits per heavy atom. The molecule has 0 spiro atoms. The molecule has 0 radical (unpaired) electrons. The molecule has 3 fully saturated rings. The zero-order valence-corrected chi connectivity index (χ0v) is 14.4. The Labute approximate surface area is 149 Å². The molecular formula is C18H21F2N3O3. The molecule has 8 heteroatoms. The Morgan fingerprint density at radius 1 is 1.31 bits per heavy atom. The maximum absolute atomic E-state index is 14.6. The Hall–Kier alpha value is -2.22. The number of nitrogens with zero attached hydrogens (tertiary/aromatic N) is 1. The molecule has 3 aliphatic rings. The molecule has 1 heterocycles. The SMILES string of the molecule is CC(=O)NC[C@H]1CN(c2cc(F)c(C3C[C@@H]4C(N)[C@@H]4C3)c(F)c2)C(=O)O1. The lowest BCUT2D eigenvalue weighted by Gasteiger charge is -2.19. The number of rotatable bonds is 4. The highest BCUT2D eigenvalue weighted by Crippen LogP contribution is 2.57. The van der Waals surface area contributed by atoms with Crippen LogP contribution in [-0.4, -0.2) is 37.2 Å². The first kappa shape index (κ1) is 17.2. The number of nitrogens with two attached hydrogens (primary N) is 1. The van der Waals surface area contributed by atoms with E-state index in [9.17, 15) is 18.4 Å². The number of amides is 2. The van der Waals surface area contributed by atoms with E-state index in [4.69, 9.17) is 10.5 Å². The van der Waals surface area contributed by atoms with E-state index in [2.05, 4.69) is 5.32 Å². The summed E-state index contributed by atoms with van der Waals surface area (Å²) in [5, 5.41) is 2.56. The second-order valence-electron chi connectivity index (χ2n) is 7.45. The van der Waals surface area contributed by atoms with Gasteiger partial charge in [-0.15, -0.1) is 0 Å². The van der Waals surface area contributed by atoms with Gasteiger partial charge < -0.3 is 15.8 Å². The fourth-order valence-electron chi connectivity index (χ4n) is 4.34. The van der Waals surface area contributed by atoms with Crippen LogP contribution in [0.15, 0.2) is 12.1 Å². The maximum atomic E-state index is 14.6. The van der Waals surface area contributed by atoms with Crippen LogP contribution in [0.1, 0.15) is 31.2 Å². The first-order valence-corrected chi connectivity index (χ1v) is 8.82. The zero-order chi connectivity index (χ0) is 18.6. The highest BCUT2D eigenvalue weighted by Gasteiger charge is 2.54. The van der Waals surface area contributed by atoms with Crippen LogP contribution in [0.5, 0.6) is 0 Å². The molecule has 2 amide bonds. The number of hydrogen-bond donors (Lipinski definition) is 2. The van der Waals surface area contributed by atoms with Crippen molar-refractivity contribution in [1.82, 2.24) is 5.32 Å². The van der Waals surface area contributed by atoms with E-state index < -0.39 is 23.8 Å². The average molecular weight is 365 g/mol. The molecule has 4 rings (SSSR count). The fraction of sp³-hybridized carbons (Fsp3) is 0.556. The number of anilines is 1. The number of hydrogen-bond acceptors (Lipinski definition) is 4. The molecule has 26 heavy (non-hydrogen) atoms. The number of cyclic esters (lactones) is 1. The molecule has 140 valence electrons. The molecule has 2 aliphatic carbocycles. The Kier molecular flexibility index (Phi) is 4.10. The van der Waals surface area contributed by atoms with Crippen molar-refractivity contribution >= 4 is 17.7 Å². The number of nitrogens with one attached hydrogen (secondary N) is 1. The van der Waals surface area contributed by atoms with Gasteiger partial charge in [-0.25, -0.2) is 13.6 Å². The molecule has 0 bridgehead atoms. The number of halogens is 2. The molecule has 3 N–H and O–H groups in total. The van der Waals surface area contributed by atoms with Crippen molar-refractivity contribution in [2.75, 3.05) is 18.0 Å². The average Bonchev–Trinajstić information content (AvgIpc) is 2.93. The molecule has 0 aromatic heterocycles. The molecule has 1 aromatic rings. The van der Waals surface area contributed by atoms with Crippen LogP contribution in [0.3, 0.4) is 0 Å². The van der Waals surface area contributed by atoms with Crippen molar-refractivity contribution in [3.05, 3.63) is 29.3 Å². The summed E-state index contributed by atoms with van der Waals surface area (Å²) in [6, 6.07) is 2.55. The Balaban J connectivity index is 1.49. The Morgan fingerprint density at radius 3 is 2.50 bits per heavy atom. The third kappa shape index (κ3) is 2.92. The van der Waals surface area contributed by atoms with E-state index in [0.29, 0.717) is 24.7 Å². The minimum Gasteiger partial charge on any atom is -0.442 e. The van der Waals surface area contributed by atoms with Crippen LogP contribution in [0.2, 0.25) is 0 Å². The van der Waals surface area contributed by atoms with Crippen molar-refractivity contribution in [1.29, 1.82) is 0 Å².